The Bertz CT molecular complexity index is 675. The molecule has 0 aliphatic heterocycles. The molecule has 5 heteroatoms. The molecule has 0 saturated carbocycles. The van der Waals surface area contributed by atoms with E-state index in [1.165, 1.54) is 12.3 Å². The molecule has 0 aliphatic carbocycles. The van der Waals surface area contributed by atoms with Crippen LogP contribution in [0.25, 0.3) is 0 Å². The number of nitrogens with two attached hydrogens (primary N) is 1. The number of anilines is 3. The molecule has 1 heterocycles. The number of nitrogens with zero attached hydrogens (tertiary/aromatic N) is 1. The van der Waals surface area contributed by atoms with E-state index in [0.717, 1.165) is 11.3 Å². The molecule has 2 rings (SSSR count). The highest BCUT2D eigenvalue weighted by Gasteiger charge is 2.18. The Labute approximate surface area is 123 Å². The van der Waals surface area contributed by atoms with E-state index < -0.39 is 5.97 Å². The normalized spacial score (nSPS) is 11.2. The Morgan fingerprint density at radius 2 is 1.95 bits per heavy atom. The molecule has 5 nitrogen and oxygen atoms in total. The lowest BCUT2D eigenvalue weighted by molar-refractivity contribution is 0.0696. The van der Waals surface area contributed by atoms with Crippen molar-refractivity contribution in [2.24, 2.45) is 0 Å². The van der Waals surface area contributed by atoms with Crippen LogP contribution >= 0.6 is 0 Å². The highest BCUT2D eigenvalue weighted by molar-refractivity contribution is 5.89. The van der Waals surface area contributed by atoms with E-state index in [0.29, 0.717) is 11.5 Å². The van der Waals surface area contributed by atoms with E-state index in [2.05, 4.69) is 31.1 Å². The molecule has 0 spiro atoms. The number of carboxylic acid groups (broad SMARTS) is 1. The van der Waals surface area contributed by atoms with E-state index in [-0.39, 0.29) is 11.0 Å². The van der Waals surface area contributed by atoms with Crippen molar-refractivity contribution in [1.29, 1.82) is 0 Å². The van der Waals surface area contributed by atoms with Gasteiger partial charge in [-0.25, -0.2) is 9.78 Å². The third-order valence-electron chi connectivity index (χ3n) is 3.15. The van der Waals surface area contributed by atoms with Gasteiger partial charge in [0.1, 0.15) is 0 Å². The molecule has 1 aromatic carbocycles. The van der Waals surface area contributed by atoms with Crippen LogP contribution in [0, 0.1) is 0 Å². The highest BCUT2D eigenvalue weighted by atomic mass is 16.4. The Morgan fingerprint density at radius 3 is 2.52 bits per heavy atom. The fourth-order valence-electron chi connectivity index (χ4n) is 2.08. The molecule has 0 aliphatic rings. The van der Waals surface area contributed by atoms with Crippen molar-refractivity contribution < 1.29 is 9.90 Å². The van der Waals surface area contributed by atoms with Crippen LogP contribution in [0.3, 0.4) is 0 Å². The first kappa shape index (κ1) is 14.8. The van der Waals surface area contributed by atoms with Gasteiger partial charge in [-0.3, -0.25) is 0 Å². The summed E-state index contributed by atoms with van der Waals surface area (Å²) in [6.45, 7) is 6.37. The molecule has 0 unspecified atom stereocenters. The van der Waals surface area contributed by atoms with Gasteiger partial charge in [-0.2, -0.15) is 0 Å². The third-order valence-corrected chi connectivity index (χ3v) is 3.15. The largest absolute Gasteiger partial charge is 0.478 e. The Hall–Kier alpha value is -2.56. The number of nitrogen functional groups attached to an aromatic ring is 1. The van der Waals surface area contributed by atoms with Crippen molar-refractivity contribution in [3.8, 4) is 0 Å². The van der Waals surface area contributed by atoms with E-state index in [1.54, 1.807) is 0 Å². The number of carboxylic acids is 1. The molecule has 0 amide bonds. The van der Waals surface area contributed by atoms with Gasteiger partial charge in [-0.1, -0.05) is 39.0 Å². The zero-order chi connectivity index (χ0) is 15.6. The average molecular weight is 285 g/mol. The second-order valence-corrected chi connectivity index (χ2v) is 5.89. The standard InChI is InChI=1S/C16H19N3O2/c1-16(2,3)11-6-4-5-7-13(11)19-14-12(17)8-10(9-18-14)15(20)21/h4-9H,17H2,1-3H3,(H,18,19)(H,20,21). The predicted molar refractivity (Wildman–Crippen MR) is 84.0 cm³/mol. The zero-order valence-electron chi connectivity index (χ0n) is 12.3. The number of nitrogens with one attached hydrogen (secondary N) is 1. The van der Waals surface area contributed by atoms with Gasteiger partial charge < -0.3 is 16.2 Å². The smallest absolute Gasteiger partial charge is 0.337 e. The van der Waals surface area contributed by atoms with Crippen LogP contribution in [0.1, 0.15) is 36.7 Å². The van der Waals surface area contributed by atoms with Crippen LogP contribution < -0.4 is 11.1 Å². The van der Waals surface area contributed by atoms with Crippen molar-refractivity contribution in [3.63, 3.8) is 0 Å². The minimum Gasteiger partial charge on any atom is -0.478 e. The fraction of sp³-hybridized carbons (Fsp3) is 0.250. The van der Waals surface area contributed by atoms with Gasteiger partial charge in [0.2, 0.25) is 0 Å². The lowest BCUT2D eigenvalue weighted by Crippen LogP contribution is -2.14. The monoisotopic (exact) mass is 285 g/mol. The van der Waals surface area contributed by atoms with E-state index in [1.807, 2.05) is 24.3 Å². The second-order valence-electron chi connectivity index (χ2n) is 5.89. The van der Waals surface area contributed by atoms with Gasteiger partial charge in [0.25, 0.3) is 0 Å². The Morgan fingerprint density at radius 1 is 1.29 bits per heavy atom. The first-order valence-corrected chi connectivity index (χ1v) is 6.64. The summed E-state index contributed by atoms with van der Waals surface area (Å²) >= 11 is 0. The number of hydrogen-bond donors (Lipinski definition) is 3. The number of rotatable bonds is 3. The molecule has 0 saturated heterocycles. The van der Waals surface area contributed by atoms with Crippen LogP contribution in [0.15, 0.2) is 36.5 Å². The summed E-state index contributed by atoms with van der Waals surface area (Å²) < 4.78 is 0. The minimum absolute atomic E-state index is 0.0284. The van der Waals surface area contributed by atoms with Gasteiger partial charge in [-0.15, -0.1) is 0 Å². The van der Waals surface area contributed by atoms with E-state index >= 15 is 0 Å². The summed E-state index contributed by atoms with van der Waals surface area (Å²) in [7, 11) is 0. The quantitative estimate of drug-likeness (QED) is 0.804. The van der Waals surface area contributed by atoms with Crippen molar-refractivity contribution in [3.05, 3.63) is 47.7 Å². The van der Waals surface area contributed by atoms with Crippen molar-refractivity contribution in [2.75, 3.05) is 11.1 Å². The Balaban J connectivity index is 2.38. The number of hydrogen-bond acceptors (Lipinski definition) is 4. The van der Waals surface area contributed by atoms with Crippen LogP contribution in [0.5, 0.6) is 0 Å². The molecular weight excluding hydrogens is 266 g/mol. The summed E-state index contributed by atoms with van der Waals surface area (Å²) in [6, 6.07) is 9.31. The number of pyridine rings is 1. The topological polar surface area (TPSA) is 88.2 Å². The summed E-state index contributed by atoms with van der Waals surface area (Å²) in [6.07, 6.45) is 1.29. The number of benzene rings is 1. The maximum atomic E-state index is 10.9. The predicted octanol–water partition coefficient (Wildman–Crippen LogP) is 3.40. The molecule has 0 radical (unpaired) electrons. The SMILES string of the molecule is CC(C)(C)c1ccccc1Nc1ncc(C(=O)O)cc1N. The lowest BCUT2D eigenvalue weighted by Gasteiger charge is -2.23. The number of aromatic nitrogens is 1. The summed E-state index contributed by atoms with van der Waals surface area (Å²) in [5.41, 5.74) is 8.27. The number of aromatic carboxylic acids is 1. The van der Waals surface area contributed by atoms with Crippen LogP contribution in [0.4, 0.5) is 17.2 Å². The fourth-order valence-corrected chi connectivity index (χ4v) is 2.08. The van der Waals surface area contributed by atoms with E-state index in [4.69, 9.17) is 10.8 Å². The summed E-state index contributed by atoms with van der Waals surface area (Å²) in [5, 5.41) is 12.1. The maximum absolute atomic E-state index is 10.9. The zero-order valence-corrected chi connectivity index (χ0v) is 12.3. The molecule has 4 N–H and O–H groups in total. The Kier molecular flexibility index (Phi) is 3.84. The molecular formula is C16H19N3O2. The first-order chi connectivity index (χ1) is 9.79. The van der Waals surface area contributed by atoms with Gasteiger partial charge in [0.15, 0.2) is 5.82 Å². The summed E-state index contributed by atoms with van der Waals surface area (Å²) in [4.78, 5) is 15.0. The van der Waals surface area contributed by atoms with Gasteiger partial charge in [-0.05, 0) is 23.1 Å². The van der Waals surface area contributed by atoms with Crippen molar-refractivity contribution in [1.82, 2.24) is 4.98 Å². The third kappa shape index (κ3) is 3.31. The van der Waals surface area contributed by atoms with Crippen LogP contribution in [-0.4, -0.2) is 16.1 Å². The minimum atomic E-state index is -1.05. The highest BCUT2D eigenvalue weighted by Crippen LogP contribution is 2.32. The van der Waals surface area contributed by atoms with Crippen LogP contribution in [-0.2, 0) is 5.41 Å². The van der Waals surface area contributed by atoms with Gasteiger partial charge >= 0.3 is 5.97 Å². The van der Waals surface area contributed by atoms with Crippen LogP contribution in [0.2, 0.25) is 0 Å². The lowest BCUT2D eigenvalue weighted by atomic mass is 9.86. The van der Waals surface area contributed by atoms with Crippen molar-refractivity contribution >= 4 is 23.2 Å². The molecule has 2 aromatic rings. The number of para-hydroxylation sites is 1. The maximum Gasteiger partial charge on any atom is 0.337 e. The molecule has 0 atom stereocenters. The molecule has 0 fully saturated rings. The van der Waals surface area contributed by atoms with Crippen molar-refractivity contribution in [2.45, 2.75) is 26.2 Å². The first-order valence-electron chi connectivity index (χ1n) is 6.64. The molecule has 110 valence electrons. The van der Waals surface area contributed by atoms with E-state index in [9.17, 15) is 4.79 Å². The molecule has 21 heavy (non-hydrogen) atoms. The van der Waals surface area contributed by atoms with Gasteiger partial charge in [0.05, 0.1) is 11.3 Å². The second kappa shape index (κ2) is 5.44. The molecule has 0 bridgehead atoms. The number of carbonyl (C=O) groups is 1. The summed E-state index contributed by atoms with van der Waals surface area (Å²) in [5.74, 6) is -0.590. The average Bonchev–Trinajstić information content (AvgIpc) is 2.40. The molecule has 1 aromatic heterocycles. The van der Waals surface area contributed by atoms with Gasteiger partial charge in [0, 0.05) is 11.9 Å².